The van der Waals surface area contributed by atoms with E-state index < -0.39 is 0 Å². The molecular formula is C6H4ClN. The van der Waals surface area contributed by atoms with E-state index in [1.165, 1.54) is 0 Å². The van der Waals surface area contributed by atoms with Gasteiger partial charge in [-0.2, -0.15) is 0 Å². The van der Waals surface area contributed by atoms with Crippen molar-refractivity contribution in [2.24, 2.45) is 0 Å². The van der Waals surface area contributed by atoms with Crippen molar-refractivity contribution in [2.45, 2.75) is 6.42 Å². The lowest BCUT2D eigenvalue weighted by Gasteiger charge is -1.93. The maximum absolute atomic E-state index is 6.98. The van der Waals surface area contributed by atoms with Gasteiger partial charge in [0.25, 0.3) is 0 Å². The molecule has 0 aromatic rings. The van der Waals surface area contributed by atoms with Crippen LogP contribution in [0, 0.1) is 17.3 Å². The summed E-state index contributed by atoms with van der Waals surface area (Å²) in [5.41, 5.74) is 0.307. The topological polar surface area (TPSA) is 23.9 Å². The molecule has 1 N–H and O–H groups in total. The van der Waals surface area contributed by atoms with Crippen molar-refractivity contribution in [2.75, 3.05) is 0 Å². The molecule has 0 saturated carbocycles. The molecule has 0 aromatic carbocycles. The van der Waals surface area contributed by atoms with E-state index in [1.807, 2.05) is 0 Å². The van der Waals surface area contributed by atoms with E-state index in [1.54, 1.807) is 6.08 Å². The van der Waals surface area contributed by atoms with Crippen LogP contribution in [0.4, 0.5) is 0 Å². The Kier molecular flexibility index (Phi) is 1.36. The maximum atomic E-state index is 6.98. The third kappa shape index (κ3) is 1.11. The molecule has 0 aliphatic heterocycles. The third-order valence-electron chi connectivity index (χ3n) is 0.781. The number of allylic oxidation sites excluding steroid dienone is 2. The summed E-state index contributed by atoms with van der Waals surface area (Å²) >= 11 is 5.53. The van der Waals surface area contributed by atoms with Gasteiger partial charge in [0, 0.05) is 11.5 Å². The van der Waals surface area contributed by atoms with E-state index in [0.717, 1.165) is 0 Å². The summed E-state index contributed by atoms with van der Waals surface area (Å²) in [6, 6.07) is 0. The van der Waals surface area contributed by atoms with Gasteiger partial charge >= 0.3 is 0 Å². The Morgan fingerprint density at radius 1 is 1.75 bits per heavy atom. The molecule has 0 fully saturated rings. The summed E-state index contributed by atoms with van der Waals surface area (Å²) in [5, 5.41) is 7.65. The molecule has 0 heterocycles. The van der Waals surface area contributed by atoms with Crippen molar-refractivity contribution in [3.63, 3.8) is 0 Å². The van der Waals surface area contributed by atoms with Gasteiger partial charge in [0.2, 0.25) is 0 Å². The molecule has 1 aliphatic carbocycles. The number of hydrogen-bond acceptors (Lipinski definition) is 1. The van der Waals surface area contributed by atoms with Crippen molar-refractivity contribution >= 4 is 17.3 Å². The summed E-state index contributed by atoms with van der Waals surface area (Å²) in [6.45, 7) is 0. The lowest BCUT2D eigenvalue weighted by atomic mass is 10.2. The number of nitrogens with one attached hydrogen (secondary N) is 1. The largest absolute Gasteiger partial charge is 0.292 e. The zero-order chi connectivity index (χ0) is 5.98. The highest BCUT2D eigenvalue weighted by atomic mass is 35.5. The minimum absolute atomic E-state index is 0.307. The number of halogens is 1. The molecule has 0 spiro atoms. The molecule has 0 amide bonds. The van der Waals surface area contributed by atoms with E-state index in [2.05, 4.69) is 11.8 Å². The van der Waals surface area contributed by atoms with Gasteiger partial charge in [0.05, 0.1) is 0 Å². The summed E-state index contributed by atoms with van der Waals surface area (Å²) in [5.74, 6) is 5.29. The Morgan fingerprint density at radius 2 is 2.50 bits per heavy atom. The lowest BCUT2D eigenvalue weighted by molar-refractivity contribution is 1.40. The first-order valence-corrected chi connectivity index (χ1v) is 2.60. The zero-order valence-corrected chi connectivity index (χ0v) is 4.92. The van der Waals surface area contributed by atoms with Gasteiger partial charge < -0.3 is 0 Å². The van der Waals surface area contributed by atoms with E-state index in [0.29, 0.717) is 17.2 Å². The Labute approximate surface area is 52.9 Å². The fraction of sp³-hybridized carbons (Fsp3) is 0.167. The van der Waals surface area contributed by atoms with Crippen LogP contribution in [-0.4, -0.2) is 5.71 Å². The number of rotatable bonds is 0. The first-order valence-electron chi connectivity index (χ1n) is 2.22. The van der Waals surface area contributed by atoms with Crippen LogP contribution in [0.25, 0.3) is 0 Å². The van der Waals surface area contributed by atoms with E-state index in [-0.39, 0.29) is 0 Å². The zero-order valence-electron chi connectivity index (χ0n) is 4.16. The fourth-order valence-electron chi connectivity index (χ4n) is 0.468. The van der Waals surface area contributed by atoms with E-state index in [9.17, 15) is 0 Å². The molecule has 40 valence electrons. The quantitative estimate of drug-likeness (QED) is 0.475. The van der Waals surface area contributed by atoms with Crippen molar-refractivity contribution < 1.29 is 0 Å². The van der Waals surface area contributed by atoms with Gasteiger partial charge in [-0.25, -0.2) is 0 Å². The summed E-state index contributed by atoms with van der Waals surface area (Å²) in [4.78, 5) is 0. The second-order valence-corrected chi connectivity index (χ2v) is 1.97. The predicted octanol–water partition coefficient (Wildman–Crippen LogP) is 1.54. The van der Waals surface area contributed by atoms with Gasteiger partial charge in [-0.1, -0.05) is 17.5 Å². The average molecular weight is 126 g/mol. The molecule has 0 saturated heterocycles. The highest BCUT2D eigenvalue weighted by molar-refractivity contribution is 6.32. The Morgan fingerprint density at radius 3 is 2.88 bits per heavy atom. The van der Waals surface area contributed by atoms with Gasteiger partial charge in [-0.05, 0) is 12.0 Å². The van der Waals surface area contributed by atoms with Gasteiger partial charge in [0.1, 0.15) is 5.71 Å². The number of hydrogen-bond donors (Lipinski definition) is 1. The van der Waals surface area contributed by atoms with E-state index >= 15 is 0 Å². The monoisotopic (exact) mass is 125 g/mol. The third-order valence-corrected chi connectivity index (χ3v) is 1.02. The Hall–Kier alpha value is -0.740. The molecule has 0 unspecified atom stereocenters. The molecule has 1 nitrogen and oxygen atoms in total. The molecule has 0 aromatic heterocycles. The van der Waals surface area contributed by atoms with Gasteiger partial charge in [-0.15, -0.1) is 0 Å². The van der Waals surface area contributed by atoms with Crippen LogP contribution < -0.4 is 0 Å². The highest BCUT2D eigenvalue weighted by Crippen LogP contribution is 2.07. The van der Waals surface area contributed by atoms with Crippen molar-refractivity contribution in [1.82, 2.24) is 0 Å². The molecule has 0 bridgehead atoms. The molecule has 1 rings (SSSR count). The normalized spacial score (nSPS) is 16.6. The molecule has 8 heavy (non-hydrogen) atoms. The minimum atomic E-state index is 0.307. The molecule has 0 atom stereocenters. The van der Waals surface area contributed by atoms with Gasteiger partial charge in [0.15, 0.2) is 0 Å². The molecule has 2 heteroatoms. The van der Waals surface area contributed by atoms with Crippen LogP contribution in [0.2, 0.25) is 0 Å². The van der Waals surface area contributed by atoms with Gasteiger partial charge in [-0.3, -0.25) is 5.41 Å². The molecule has 1 aliphatic rings. The molecular weight excluding hydrogens is 122 g/mol. The SMILES string of the molecule is N=C1C#CCC(Cl)=C1. The highest BCUT2D eigenvalue weighted by Gasteiger charge is 1.95. The smallest absolute Gasteiger partial charge is 0.105 e. The van der Waals surface area contributed by atoms with Crippen LogP contribution in [-0.2, 0) is 0 Å². The Balaban J connectivity index is 2.83. The van der Waals surface area contributed by atoms with E-state index in [4.69, 9.17) is 17.0 Å². The van der Waals surface area contributed by atoms with Crippen LogP contribution in [0.15, 0.2) is 11.1 Å². The molecule has 0 radical (unpaired) electrons. The van der Waals surface area contributed by atoms with Crippen LogP contribution in [0.1, 0.15) is 6.42 Å². The average Bonchev–Trinajstić information content (AvgIpc) is 1.64. The van der Waals surface area contributed by atoms with Crippen LogP contribution in [0.3, 0.4) is 0 Å². The summed E-state index contributed by atoms with van der Waals surface area (Å²) in [7, 11) is 0. The lowest BCUT2D eigenvalue weighted by Crippen LogP contribution is -1.90. The second kappa shape index (κ2) is 2.02. The first kappa shape index (κ1) is 5.40. The predicted molar refractivity (Wildman–Crippen MR) is 34.1 cm³/mol. The first-order chi connectivity index (χ1) is 3.79. The maximum Gasteiger partial charge on any atom is 0.105 e. The van der Waals surface area contributed by atoms with Crippen molar-refractivity contribution in [3.05, 3.63) is 11.1 Å². The fourth-order valence-corrected chi connectivity index (χ4v) is 0.644. The van der Waals surface area contributed by atoms with Crippen molar-refractivity contribution in [3.8, 4) is 11.8 Å². The standard InChI is InChI=1S/C6H4ClN/c7-5-2-1-3-6(8)4-5/h4,8H,2H2. The van der Waals surface area contributed by atoms with Crippen LogP contribution >= 0.6 is 11.6 Å². The van der Waals surface area contributed by atoms with Crippen LogP contribution in [0.5, 0.6) is 0 Å². The second-order valence-electron chi connectivity index (χ2n) is 1.48. The van der Waals surface area contributed by atoms with Crippen molar-refractivity contribution in [1.29, 1.82) is 5.41 Å². The summed E-state index contributed by atoms with van der Waals surface area (Å²) in [6.07, 6.45) is 2.17. The summed E-state index contributed by atoms with van der Waals surface area (Å²) < 4.78 is 0. The minimum Gasteiger partial charge on any atom is -0.292 e. The Bertz CT molecular complexity index is 204.